The average Bonchev–Trinajstić information content (AvgIpc) is 3.12. The molecule has 1 amide bonds. The van der Waals surface area contributed by atoms with Gasteiger partial charge in [-0.3, -0.25) is 19.9 Å². The number of carbonyl (C=O) groups excluding carboxylic acids is 1. The average molecular weight is 357 g/mol. The summed E-state index contributed by atoms with van der Waals surface area (Å²) in [5.41, 5.74) is 6.23. The molecule has 2 aromatic carbocycles. The number of nitrogens with zero attached hydrogens (tertiary/aromatic N) is 3. The summed E-state index contributed by atoms with van der Waals surface area (Å²) in [6.45, 7) is 4.56. The van der Waals surface area contributed by atoms with Gasteiger partial charge in [-0.05, 0) is 54.8 Å². The number of rotatable bonds is 4. The van der Waals surface area contributed by atoms with Crippen LogP contribution in [0.2, 0.25) is 0 Å². The first kappa shape index (κ1) is 16.9. The van der Waals surface area contributed by atoms with Gasteiger partial charge < -0.3 is 5.32 Å². The smallest absolute Gasteiger partial charge is 0.251 e. The molecule has 4 aromatic rings. The Kier molecular flexibility index (Phi) is 4.38. The zero-order chi connectivity index (χ0) is 18.8. The van der Waals surface area contributed by atoms with Crippen LogP contribution < -0.4 is 5.32 Å². The fourth-order valence-corrected chi connectivity index (χ4v) is 3.14. The van der Waals surface area contributed by atoms with Crippen molar-refractivity contribution in [1.82, 2.24) is 25.5 Å². The number of benzene rings is 2. The first-order valence-corrected chi connectivity index (χ1v) is 8.81. The minimum atomic E-state index is -0.0636. The fourth-order valence-electron chi connectivity index (χ4n) is 3.14. The van der Waals surface area contributed by atoms with Crippen molar-refractivity contribution in [3.8, 4) is 22.5 Å². The van der Waals surface area contributed by atoms with Crippen molar-refractivity contribution < 1.29 is 4.79 Å². The predicted molar refractivity (Wildman–Crippen MR) is 105 cm³/mol. The van der Waals surface area contributed by atoms with E-state index in [-0.39, 0.29) is 5.91 Å². The van der Waals surface area contributed by atoms with Gasteiger partial charge in [0.2, 0.25) is 0 Å². The lowest BCUT2D eigenvalue weighted by Gasteiger charge is -2.09. The number of carbonyl (C=O) groups is 1. The van der Waals surface area contributed by atoms with Gasteiger partial charge in [0.25, 0.3) is 5.91 Å². The standard InChI is InChI=1S/C21H19N5O/c1-3-23-21(27)15-5-4-13(2)17(10-15)14-6-7-16-18(11-14)25-26-20(16)19-12-22-8-9-24-19/h4-12H,3H2,1-2H3,(H,23,27)(H,25,26). The molecule has 4 rings (SSSR count). The predicted octanol–water partition coefficient (Wildman–Crippen LogP) is 3.75. The highest BCUT2D eigenvalue weighted by atomic mass is 16.1. The molecule has 6 nitrogen and oxygen atoms in total. The summed E-state index contributed by atoms with van der Waals surface area (Å²) >= 11 is 0. The molecule has 0 bridgehead atoms. The van der Waals surface area contributed by atoms with Gasteiger partial charge in [-0.1, -0.05) is 12.1 Å². The van der Waals surface area contributed by atoms with E-state index in [4.69, 9.17) is 0 Å². The quantitative estimate of drug-likeness (QED) is 0.583. The van der Waals surface area contributed by atoms with Gasteiger partial charge in [0, 0.05) is 29.9 Å². The molecule has 2 heterocycles. The van der Waals surface area contributed by atoms with Crippen LogP contribution in [0.1, 0.15) is 22.8 Å². The molecule has 0 aliphatic carbocycles. The van der Waals surface area contributed by atoms with Crippen molar-refractivity contribution in [2.75, 3.05) is 6.54 Å². The summed E-state index contributed by atoms with van der Waals surface area (Å²) in [6, 6.07) is 11.9. The molecule has 6 heteroatoms. The summed E-state index contributed by atoms with van der Waals surface area (Å²) in [5.74, 6) is -0.0636. The fraction of sp³-hybridized carbons (Fsp3) is 0.143. The summed E-state index contributed by atoms with van der Waals surface area (Å²) in [5, 5.41) is 11.3. The second kappa shape index (κ2) is 6.99. The molecule has 0 aliphatic heterocycles. The maximum Gasteiger partial charge on any atom is 0.251 e. The summed E-state index contributed by atoms with van der Waals surface area (Å²) in [6.07, 6.45) is 4.99. The van der Waals surface area contributed by atoms with Crippen molar-refractivity contribution in [3.63, 3.8) is 0 Å². The topological polar surface area (TPSA) is 83.6 Å². The second-order valence-electron chi connectivity index (χ2n) is 6.31. The zero-order valence-electron chi connectivity index (χ0n) is 15.2. The largest absolute Gasteiger partial charge is 0.352 e. The van der Waals surface area contributed by atoms with E-state index < -0.39 is 0 Å². The van der Waals surface area contributed by atoms with Crippen molar-refractivity contribution in [2.45, 2.75) is 13.8 Å². The highest BCUT2D eigenvalue weighted by molar-refractivity contribution is 5.97. The molecular weight excluding hydrogens is 338 g/mol. The van der Waals surface area contributed by atoms with E-state index in [9.17, 15) is 4.79 Å². The molecule has 0 radical (unpaired) electrons. The Bertz CT molecular complexity index is 1120. The molecular formula is C21H19N5O. The van der Waals surface area contributed by atoms with Crippen molar-refractivity contribution in [1.29, 1.82) is 0 Å². The monoisotopic (exact) mass is 357 g/mol. The molecule has 2 N–H and O–H groups in total. The first-order valence-electron chi connectivity index (χ1n) is 8.81. The molecule has 0 aliphatic rings. The van der Waals surface area contributed by atoms with Crippen LogP contribution in [0.3, 0.4) is 0 Å². The molecule has 27 heavy (non-hydrogen) atoms. The molecule has 0 unspecified atom stereocenters. The Morgan fingerprint density at radius 3 is 2.81 bits per heavy atom. The van der Waals surface area contributed by atoms with E-state index in [0.29, 0.717) is 12.1 Å². The van der Waals surface area contributed by atoms with E-state index in [2.05, 4.69) is 25.5 Å². The van der Waals surface area contributed by atoms with Gasteiger partial charge in [0.05, 0.1) is 11.7 Å². The number of fused-ring (bicyclic) bond motifs is 1. The number of amides is 1. The van der Waals surface area contributed by atoms with Crippen LogP contribution in [0.5, 0.6) is 0 Å². The van der Waals surface area contributed by atoms with Crippen LogP contribution in [0, 0.1) is 6.92 Å². The third kappa shape index (κ3) is 3.17. The highest BCUT2D eigenvalue weighted by Gasteiger charge is 2.13. The second-order valence-corrected chi connectivity index (χ2v) is 6.31. The van der Waals surface area contributed by atoms with Crippen LogP contribution in [0.4, 0.5) is 0 Å². The van der Waals surface area contributed by atoms with Crippen LogP contribution in [-0.4, -0.2) is 32.6 Å². The number of aryl methyl sites for hydroxylation is 1. The Hall–Kier alpha value is -3.54. The van der Waals surface area contributed by atoms with Crippen molar-refractivity contribution >= 4 is 16.8 Å². The number of hydrogen-bond acceptors (Lipinski definition) is 4. The Balaban J connectivity index is 1.77. The van der Waals surface area contributed by atoms with Gasteiger partial charge in [-0.15, -0.1) is 0 Å². The highest BCUT2D eigenvalue weighted by Crippen LogP contribution is 2.30. The molecule has 134 valence electrons. The Morgan fingerprint density at radius 1 is 1.15 bits per heavy atom. The van der Waals surface area contributed by atoms with Gasteiger partial charge in [0.1, 0.15) is 11.4 Å². The minimum Gasteiger partial charge on any atom is -0.352 e. The zero-order valence-corrected chi connectivity index (χ0v) is 15.2. The van der Waals surface area contributed by atoms with Crippen LogP contribution >= 0.6 is 0 Å². The third-order valence-corrected chi connectivity index (χ3v) is 4.52. The third-order valence-electron chi connectivity index (χ3n) is 4.52. The van der Waals surface area contributed by atoms with E-state index >= 15 is 0 Å². The molecule has 2 aromatic heterocycles. The van der Waals surface area contributed by atoms with Crippen molar-refractivity contribution in [3.05, 3.63) is 66.1 Å². The van der Waals surface area contributed by atoms with E-state index in [1.165, 1.54) is 0 Å². The lowest BCUT2D eigenvalue weighted by Crippen LogP contribution is -2.22. The summed E-state index contributed by atoms with van der Waals surface area (Å²) in [7, 11) is 0. The van der Waals surface area contributed by atoms with Gasteiger partial charge >= 0.3 is 0 Å². The maximum absolute atomic E-state index is 12.2. The molecule has 0 fully saturated rings. The van der Waals surface area contributed by atoms with E-state index in [0.717, 1.165) is 39.0 Å². The Morgan fingerprint density at radius 2 is 2.04 bits per heavy atom. The van der Waals surface area contributed by atoms with Gasteiger partial charge in [-0.25, -0.2) is 0 Å². The molecule has 0 saturated heterocycles. The number of H-pyrrole nitrogens is 1. The lowest BCUT2D eigenvalue weighted by atomic mass is 9.96. The minimum absolute atomic E-state index is 0.0636. The lowest BCUT2D eigenvalue weighted by molar-refractivity contribution is 0.0956. The van der Waals surface area contributed by atoms with E-state index in [1.807, 2.05) is 50.2 Å². The van der Waals surface area contributed by atoms with Gasteiger partial charge in [0.15, 0.2) is 0 Å². The normalized spacial score (nSPS) is 10.9. The Labute approximate surface area is 156 Å². The maximum atomic E-state index is 12.2. The SMILES string of the molecule is CCNC(=O)c1ccc(C)c(-c2ccc3c(-c4cnccn4)n[nH]c3c2)c1. The number of nitrogens with one attached hydrogen (secondary N) is 2. The number of aromatic amines is 1. The van der Waals surface area contributed by atoms with E-state index in [1.54, 1.807) is 18.6 Å². The van der Waals surface area contributed by atoms with Crippen LogP contribution in [-0.2, 0) is 0 Å². The van der Waals surface area contributed by atoms with Crippen molar-refractivity contribution in [2.24, 2.45) is 0 Å². The molecule has 0 saturated carbocycles. The summed E-state index contributed by atoms with van der Waals surface area (Å²) < 4.78 is 0. The van der Waals surface area contributed by atoms with Gasteiger partial charge in [-0.2, -0.15) is 5.10 Å². The van der Waals surface area contributed by atoms with Crippen LogP contribution in [0.25, 0.3) is 33.4 Å². The molecule has 0 spiro atoms. The number of aromatic nitrogens is 4. The number of hydrogen-bond donors (Lipinski definition) is 2. The summed E-state index contributed by atoms with van der Waals surface area (Å²) in [4.78, 5) is 20.6. The first-order chi connectivity index (χ1) is 13.2. The van der Waals surface area contributed by atoms with Crippen LogP contribution in [0.15, 0.2) is 55.0 Å². The molecule has 0 atom stereocenters.